The van der Waals surface area contributed by atoms with Crippen molar-refractivity contribution in [2.45, 2.75) is 32.2 Å². The summed E-state index contributed by atoms with van der Waals surface area (Å²) in [5.74, 6) is 0.209. The van der Waals surface area contributed by atoms with E-state index in [1.165, 1.54) is 11.8 Å². The van der Waals surface area contributed by atoms with E-state index in [0.29, 0.717) is 5.56 Å². The zero-order valence-corrected chi connectivity index (χ0v) is 14.8. The summed E-state index contributed by atoms with van der Waals surface area (Å²) in [6.07, 6.45) is 3.23. The van der Waals surface area contributed by atoms with E-state index in [2.05, 4.69) is 5.32 Å². The molecule has 1 aliphatic heterocycles. The molecule has 2 amide bonds. The summed E-state index contributed by atoms with van der Waals surface area (Å²) in [6, 6.07) is 8.51. The molecule has 0 spiro atoms. The summed E-state index contributed by atoms with van der Waals surface area (Å²) in [6.45, 7) is 3.27. The molecule has 1 aromatic carbocycles. The van der Waals surface area contributed by atoms with E-state index in [-0.39, 0.29) is 29.1 Å². The monoisotopic (exact) mass is 348 g/mol. The number of nitrogens with zero attached hydrogens (tertiary/aromatic N) is 1. The van der Waals surface area contributed by atoms with Gasteiger partial charge in [-0.2, -0.15) is 0 Å². The Balaban J connectivity index is 1.69. The van der Waals surface area contributed by atoms with E-state index < -0.39 is 6.04 Å². The van der Waals surface area contributed by atoms with Crippen molar-refractivity contribution in [1.82, 2.24) is 10.2 Å². The Morgan fingerprint density at radius 1 is 1.08 bits per heavy atom. The van der Waals surface area contributed by atoms with E-state index >= 15 is 0 Å². The van der Waals surface area contributed by atoms with Gasteiger partial charge in [0, 0.05) is 18.7 Å². The van der Waals surface area contributed by atoms with Crippen LogP contribution in [0.3, 0.4) is 0 Å². The van der Waals surface area contributed by atoms with Crippen molar-refractivity contribution in [3.05, 3.63) is 35.9 Å². The second-order valence-electron chi connectivity index (χ2n) is 5.96. The van der Waals surface area contributed by atoms with Gasteiger partial charge in [-0.15, -0.1) is 11.8 Å². The minimum Gasteiger partial charge on any atom is -0.344 e. The number of amides is 2. The fourth-order valence-corrected chi connectivity index (χ4v) is 3.40. The van der Waals surface area contributed by atoms with Crippen LogP contribution in [0.1, 0.15) is 36.5 Å². The molecule has 0 saturated carbocycles. The van der Waals surface area contributed by atoms with Crippen LogP contribution < -0.4 is 5.32 Å². The van der Waals surface area contributed by atoms with Crippen LogP contribution in [0.15, 0.2) is 30.3 Å². The zero-order chi connectivity index (χ0) is 17.4. The maximum absolute atomic E-state index is 12.3. The molecule has 0 aromatic heterocycles. The highest BCUT2D eigenvalue weighted by Gasteiger charge is 2.23. The van der Waals surface area contributed by atoms with Crippen LogP contribution in [0, 0.1) is 0 Å². The second-order valence-corrected chi connectivity index (χ2v) is 6.94. The molecule has 5 nitrogen and oxygen atoms in total. The number of rotatable bonds is 7. The van der Waals surface area contributed by atoms with Gasteiger partial charge in [0.2, 0.25) is 11.8 Å². The summed E-state index contributed by atoms with van der Waals surface area (Å²) < 4.78 is 0. The molecule has 130 valence electrons. The van der Waals surface area contributed by atoms with Crippen molar-refractivity contribution in [3.8, 4) is 0 Å². The Morgan fingerprint density at radius 3 is 2.42 bits per heavy atom. The van der Waals surface area contributed by atoms with Crippen molar-refractivity contribution >= 4 is 29.4 Å². The molecule has 1 fully saturated rings. The molecule has 0 radical (unpaired) electrons. The number of carbonyl (C=O) groups excluding carboxylic acids is 3. The third-order valence-electron chi connectivity index (χ3n) is 3.98. The molecule has 2 rings (SSSR count). The quantitative estimate of drug-likeness (QED) is 0.767. The minimum atomic E-state index is -0.513. The molecule has 0 unspecified atom stereocenters. The highest BCUT2D eigenvalue weighted by atomic mass is 32.2. The van der Waals surface area contributed by atoms with Gasteiger partial charge in [-0.3, -0.25) is 14.4 Å². The van der Waals surface area contributed by atoms with Gasteiger partial charge < -0.3 is 10.2 Å². The summed E-state index contributed by atoms with van der Waals surface area (Å²) in [7, 11) is 0. The Bertz CT molecular complexity index is 571. The van der Waals surface area contributed by atoms with Crippen molar-refractivity contribution in [1.29, 1.82) is 0 Å². The molecule has 0 aliphatic carbocycles. The standard InChI is InChI=1S/C18H24N2O3S/c1-14(18(23)20-10-6-3-7-11-20)19-17(22)13-24-12-16(21)15-8-4-2-5-9-15/h2,4-5,8-9,14H,3,6-7,10-13H2,1H3,(H,19,22)/t14-/m0/s1. The Morgan fingerprint density at radius 2 is 1.75 bits per heavy atom. The number of nitrogens with one attached hydrogen (secondary N) is 1. The lowest BCUT2D eigenvalue weighted by Crippen LogP contribution is -2.48. The van der Waals surface area contributed by atoms with Gasteiger partial charge in [0.15, 0.2) is 5.78 Å². The van der Waals surface area contributed by atoms with Gasteiger partial charge in [-0.1, -0.05) is 30.3 Å². The number of ketones is 1. The first-order valence-electron chi connectivity index (χ1n) is 8.32. The molecule has 0 bridgehead atoms. The van der Waals surface area contributed by atoms with Crippen LogP contribution in [0.2, 0.25) is 0 Å². The fraction of sp³-hybridized carbons (Fsp3) is 0.500. The smallest absolute Gasteiger partial charge is 0.244 e. The summed E-state index contributed by atoms with van der Waals surface area (Å²) in [4.78, 5) is 38.0. The van der Waals surface area contributed by atoms with Crippen molar-refractivity contribution < 1.29 is 14.4 Å². The fourth-order valence-electron chi connectivity index (χ4n) is 2.68. The maximum atomic E-state index is 12.3. The third-order valence-corrected chi connectivity index (χ3v) is 4.91. The third kappa shape index (κ3) is 5.67. The first kappa shape index (κ1) is 18.5. The number of hydrogen-bond donors (Lipinski definition) is 1. The first-order valence-corrected chi connectivity index (χ1v) is 9.47. The predicted molar refractivity (Wildman–Crippen MR) is 96.1 cm³/mol. The van der Waals surface area contributed by atoms with Gasteiger partial charge in [0.25, 0.3) is 0 Å². The first-order chi connectivity index (χ1) is 11.6. The van der Waals surface area contributed by atoms with Crippen molar-refractivity contribution in [2.75, 3.05) is 24.6 Å². The van der Waals surface area contributed by atoms with E-state index in [0.717, 1.165) is 32.4 Å². The van der Waals surface area contributed by atoms with Crippen LogP contribution in [-0.2, 0) is 9.59 Å². The highest BCUT2D eigenvalue weighted by Crippen LogP contribution is 2.10. The topological polar surface area (TPSA) is 66.5 Å². The lowest BCUT2D eigenvalue weighted by Gasteiger charge is -2.29. The van der Waals surface area contributed by atoms with Crippen LogP contribution in [0.4, 0.5) is 0 Å². The number of carbonyl (C=O) groups is 3. The van der Waals surface area contributed by atoms with Gasteiger partial charge >= 0.3 is 0 Å². The van der Waals surface area contributed by atoms with Gasteiger partial charge in [-0.25, -0.2) is 0 Å². The molecule has 6 heteroatoms. The molecular formula is C18H24N2O3S. The Labute approximate surface area is 147 Å². The number of piperidine rings is 1. The van der Waals surface area contributed by atoms with E-state index in [1.807, 2.05) is 23.1 Å². The number of Topliss-reactive ketones (excluding diaryl/α,β-unsaturated/α-hetero) is 1. The van der Waals surface area contributed by atoms with Crippen LogP contribution in [0.5, 0.6) is 0 Å². The molecule has 1 atom stereocenters. The minimum absolute atomic E-state index is 0.00541. The number of thioether (sulfide) groups is 1. The Kier molecular flexibility index (Phi) is 7.31. The lowest BCUT2D eigenvalue weighted by atomic mass is 10.1. The van der Waals surface area contributed by atoms with E-state index in [4.69, 9.17) is 0 Å². The average Bonchev–Trinajstić information content (AvgIpc) is 2.62. The number of likely N-dealkylation sites (tertiary alicyclic amines) is 1. The molecule has 1 aliphatic rings. The lowest BCUT2D eigenvalue weighted by molar-refractivity contribution is -0.136. The van der Waals surface area contributed by atoms with E-state index in [1.54, 1.807) is 19.1 Å². The molecule has 1 heterocycles. The molecule has 1 N–H and O–H groups in total. The van der Waals surface area contributed by atoms with Gasteiger partial charge in [-0.05, 0) is 26.2 Å². The molecule has 1 aromatic rings. The van der Waals surface area contributed by atoms with Crippen LogP contribution in [-0.4, -0.2) is 53.1 Å². The van der Waals surface area contributed by atoms with Crippen molar-refractivity contribution in [3.63, 3.8) is 0 Å². The van der Waals surface area contributed by atoms with Crippen molar-refractivity contribution in [2.24, 2.45) is 0 Å². The Hall–Kier alpha value is -1.82. The average molecular weight is 348 g/mol. The number of benzene rings is 1. The SMILES string of the molecule is C[C@H](NC(=O)CSCC(=O)c1ccccc1)C(=O)N1CCCCC1. The predicted octanol–water partition coefficient (Wildman–Crippen LogP) is 2.12. The molecular weight excluding hydrogens is 324 g/mol. The summed E-state index contributed by atoms with van der Waals surface area (Å²) in [5.41, 5.74) is 0.652. The normalized spacial score (nSPS) is 15.6. The number of hydrogen-bond acceptors (Lipinski definition) is 4. The van der Waals surface area contributed by atoms with Gasteiger partial charge in [0.05, 0.1) is 11.5 Å². The second kappa shape index (κ2) is 9.47. The van der Waals surface area contributed by atoms with Gasteiger partial charge in [0.1, 0.15) is 6.04 Å². The summed E-state index contributed by atoms with van der Waals surface area (Å²) >= 11 is 1.27. The molecule has 1 saturated heterocycles. The molecule has 24 heavy (non-hydrogen) atoms. The maximum Gasteiger partial charge on any atom is 0.244 e. The summed E-state index contributed by atoms with van der Waals surface area (Å²) in [5, 5.41) is 2.73. The van der Waals surface area contributed by atoms with Crippen LogP contribution in [0.25, 0.3) is 0 Å². The zero-order valence-electron chi connectivity index (χ0n) is 14.0. The largest absolute Gasteiger partial charge is 0.344 e. The van der Waals surface area contributed by atoms with Crippen LogP contribution >= 0.6 is 11.8 Å². The van der Waals surface area contributed by atoms with E-state index in [9.17, 15) is 14.4 Å². The highest BCUT2D eigenvalue weighted by molar-refractivity contribution is 8.00.